The van der Waals surface area contributed by atoms with Crippen molar-refractivity contribution in [1.29, 1.82) is 0 Å². The van der Waals surface area contributed by atoms with Gasteiger partial charge in [-0.1, -0.05) is 41.9 Å². The summed E-state index contributed by atoms with van der Waals surface area (Å²) in [6.45, 7) is 0. The van der Waals surface area contributed by atoms with E-state index in [1.54, 1.807) is 60.7 Å². The molecule has 28 heavy (non-hydrogen) atoms. The van der Waals surface area contributed by atoms with E-state index in [9.17, 15) is 13.6 Å². The summed E-state index contributed by atoms with van der Waals surface area (Å²) in [6.07, 6.45) is 3.15. The second kappa shape index (κ2) is 7.37. The highest BCUT2D eigenvalue weighted by molar-refractivity contribution is 6.30. The largest absolute Gasteiger partial charge is 0.268 e. The third kappa shape index (κ3) is 3.44. The van der Waals surface area contributed by atoms with E-state index < -0.39 is 11.6 Å². The zero-order valence-corrected chi connectivity index (χ0v) is 15.2. The molecule has 4 rings (SSSR count). The minimum Gasteiger partial charge on any atom is -0.268 e. The minimum absolute atomic E-state index is 0.252. The van der Waals surface area contributed by atoms with E-state index in [0.717, 1.165) is 12.1 Å². The van der Waals surface area contributed by atoms with Crippen LogP contribution in [0.15, 0.2) is 71.5 Å². The van der Waals surface area contributed by atoms with Crippen LogP contribution in [0.5, 0.6) is 0 Å². The minimum atomic E-state index is -0.944. The van der Waals surface area contributed by atoms with Crippen LogP contribution >= 0.6 is 11.6 Å². The van der Waals surface area contributed by atoms with E-state index in [4.69, 9.17) is 11.6 Å². The van der Waals surface area contributed by atoms with Crippen molar-refractivity contribution in [2.75, 3.05) is 0 Å². The molecule has 0 saturated carbocycles. The van der Waals surface area contributed by atoms with Gasteiger partial charge in [-0.2, -0.15) is 0 Å². The SMILES string of the molecule is O=c1c2ccccc2nc(/C=C\c2ccc(F)c(F)c2)n1-c1cccc(Cl)c1. The van der Waals surface area contributed by atoms with Gasteiger partial charge >= 0.3 is 0 Å². The summed E-state index contributed by atoms with van der Waals surface area (Å²) in [5, 5.41) is 0.945. The first kappa shape index (κ1) is 18.1. The quantitative estimate of drug-likeness (QED) is 0.460. The molecule has 0 unspecified atom stereocenters. The topological polar surface area (TPSA) is 34.9 Å². The number of halogens is 3. The Bertz CT molecular complexity index is 1280. The number of nitrogens with zero attached hydrogens (tertiary/aromatic N) is 2. The zero-order valence-electron chi connectivity index (χ0n) is 14.4. The third-order valence-corrected chi connectivity index (χ3v) is 4.47. The van der Waals surface area contributed by atoms with Crippen LogP contribution in [0.1, 0.15) is 11.4 Å². The molecule has 1 heterocycles. The maximum atomic E-state index is 13.5. The highest BCUT2D eigenvalue weighted by Gasteiger charge is 2.11. The van der Waals surface area contributed by atoms with Crippen LogP contribution in [-0.4, -0.2) is 9.55 Å². The second-order valence-electron chi connectivity index (χ2n) is 6.11. The van der Waals surface area contributed by atoms with Crippen LogP contribution in [-0.2, 0) is 0 Å². The molecule has 138 valence electrons. The Labute approximate surface area is 164 Å². The highest BCUT2D eigenvalue weighted by Crippen LogP contribution is 2.19. The van der Waals surface area contributed by atoms with Crippen molar-refractivity contribution in [3.63, 3.8) is 0 Å². The van der Waals surface area contributed by atoms with Gasteiger partial charge in [-0.25, -0.2) is 13.8 Å². The van der Waals surface area contributed by atoms with Crippen LogP contribution < -0.4 is 5.56 Å². The number of rotatable bonds is 3. The highest BCUT2D eigenvalue weighted by atomic mass is 35.5. The molecule has 0 N–H and O–H groups in total. The molecule has 0 fully saturated rings. The Morgan fingerprint density at radius 1 is 0.893 bits per heavy atom. The molecule has 0 bridgehead atoms. The number of fused-ring (bicyclic) bond motifs is 1. The number of hydrogen-bond donors (Lipinski definition) is 0. The van der Waals surface area contributed by atoms with Crippen LogP contribution in [0.25, 0.3) is 28.7 Å². The van der Waals surface area contributed by atoms with Crippen LogP contribution in [0.4, 0.5) is 8.78 Å². The van der Waals surface area contributed by atoms with Crippen molar-refractivity contribution in [1.82, 2.24) is 9.55 Å². The van der Waals surface area contributed by atoms with Gasteiger partial charge in [0.2, 0.25) is 0 Å². The summed E-state index contributed by atoms with van der Waals surface area (Å²) in [6, 6.07) is 17.4. The molecular weight excluding hydrogens is 382 g/mol. The van der Waals surface area contributed by atoms with E-state index in [1.165, 1.54) is 10.6 Å². The fourth-order valence-electron chi connectivity index (χ4n) is 2.91. The van der Waals surface area contributed by atoms with Crippen molar-refractivity contribution in [2.24, 2.45) is 0 Å². The second-order valence-corrected chi connectivity index (χ2v) is 6.55. The van der Waals surface area contributed by atoms with E-state index in [0.29, 0.717) is 33.0 Å². The molecule has 0 amide bonds. The Kier molecular flexibility index (Phi) is 4.75. The number of benzene rings is 3. The monoisotopic (exact) mass is 394 g/mol. The fraction of sp³-hybridized carbons (Fsp3) is 0. The zero-order chi connectivity index (χ0) is 19.7. The summed E-state index contributed by atoms with van der Waals surface area (Å²) in [4.78, 5) is 17.7. The number of aromatic nitrogens is 2. The van der Waals surface area contributed by atoms with Crippen LogP contribution in [0.3, 0.4) is 0 Å². The van der Waals surface area contributed by atoms with Gasteiger partial charge in [0.05, 0.1) is 16.6 Å². The first-order chi connectivity index (χ1) is 13.5. The fourth-order valence-corrected chi connectivity index (χ4v) is 3.10. The normalized spacial score (nSPS) is 11.4. The molecule has 3 nitrogen and oxygen atoms in total. The average molecular weight is 395 g/mol. The van der Waals surface area contributed by atoms with Gasteiger partial charge < -0.3 is 0 Å². The number of hydrogen-bond acceptors (Lipinski definition) is 2. The molecular formula is C22H13ClF2N2O. The van der Waals surface area contributed by atoms with Gasteiger partial charge in [-0.15, -0.1) is 0 Å². The van der Waals surface area contributed by atoms with Crippen molar-refractivity contribution >= 4 is 34.7 Å². The van der Waals surface area contributed by atoms with Crippen molar-refractivity contribution in [2.45, 2.75) is 0 Å². The predicted molar refractivity (Wildman–Crippen MR) is 108 cm³/mol. The first-order valence-electron chi connectivity index (χ1n) is 8.44. The van der Waals surface area contributed by atoms with Gasteiger partial charge in [0.25, 0.3) is 5.56 Å². The van der Waals surface area contributed by atoms with Crippen molar-refractivity contribution in [3.8, 4) is 5.69 Å². The third-order valence-electron chi connectivity index (χ3n) is 4.24. The van der Waals surface area contributed by atoms with Crippen molar-refractivity contribution < 1.29 is 8.78 Å². The number of para-hydroxylation sites is 1. The van der Waals surface area contributed by atoms with Gasteiger partial charge in [-0.05, 0) is 54.1 Å². The molecule has 0 saturated heterocycles. The lowest BCUT2D eigenvalue weighted by atomic mass is 10.2. The van der Waals surface area contributed by atoms with Crippen molar-refractivity contribution in [3.05, 3.63) is 105 Å². The lowest BCUT2D eigenvalue weighted by Crippen LogP contribution is -2.22. The van der Waals surface area contributed by atoms with E-state index in [1.807, 2.05) is 0 Å². The first-order valence-corrected chi connectivity index (χ1v) is 8.81. The molecule has 0 aliphatic rings. The molecule has 0 spiro atoms. The van der Waals surface area contributed by atoms with E-state index >= 15 is 0 Å². The van der Waals surface area contributed by atoms with Gasteiger partial charge in [0, 0.05) is 5.02 Å². The summed E-state index contributed by atoms with van der Waals surface area (Å²) in [5.41, 5.74) is 1.29. The molecule has 1 aromatic heterocycles. The Morgan fingerprint density at radius 3 is 2.50 bits per heavy atom. The maximum Gasteiger partial charge on any atom is 0.266 e. The van der Waals surface area contributed by atoms with Crippen LogP contribution in [0.2, 0.25) is 5.02 Å². The Morgan fingerprint density at radius 2 is 1.71 bits per heavy atom. The Balaban J connectivity index is 1.93. The van der Waals surface area contributed by atoms with Gasteiger partial charge in [-0.3, -0.25) is 9.36 Å². The lowest BCUT2D eigenvalue weighted by molar-refractivity contribution is 0.508. The standard InChI is InChI=1S/C22H13ClF2N2O/c23-15-4-3-5-16(13-15)27-21(11-9-14-8-10-18(24)19(25)12-14)26-20-7-2-1-6-17(20)22(27)28/h1-13H/b11-9-. The summed E-state index contributed by atoms with van der Waals surface area (Å²) in [5.74, 6) is -1.52. The predicted octanol–water partition coefficient (Wildman–Crippen LogP) is 5.49. The molecule has 0 radical (unpaired) electrons. The average Bonchev–Trinajstić information content (AvgIpc) is 2.69. The van der Waals surface area contributed by atoms with Crippen LogP contribution in [0, 0.1) is 11.6 Å². The Hall–Kier alpha value is -3.31. The smallest absolute Gasteiger partial charge is 0.266 e. The summed E-state index contributed by atoms with van der Waals surface area (Å²) in [7, 11) is 0. The molecule has 0 aliphatic carbocycles. The van der Waals surface area contributed by atoms with Gasteiger partial charge in [0.1, 0.15) is 5.82 Å². The van der Waals surface area contributed by atoms with E-state index in [2.05, 4.69) is 4.98 Å². The molecule has 0 aliphatic heterocycles. The summed E-state index contributed by atoms with van der Waals surface area (Å²) < 4.78 is 28.1. The molecule has 4 aromatic rings. The lowest BCUT2D eigenvalue weighted by Gasteiger charge is -2.11. The molecule has 3 aromatic carbocycles. The maximum absolute atomic E-state index is 13.5. The van der Waals surface area contributed by atoms with E-state index in [-0.39, 0.29) is 5.56 Å². The molecule has 6 heteroatoms. The summed E-state index contributed by atoms with van der Waals surface area (Å²) >= 11 is 6.09. The molecule has 0 atom stereocenters. The van der Waals surface area contributed by atoms with Gasteiger partial charge in [0.15, 0.2) is 11.6 Å².